The molecule has 120 heavy (non-hydrogen) atoms. The van der Waals surface area contributed by atoms with Crippen LogP contribution in [-0.4, -0.2) is 85.2 Å². The molecule has 11 aromatic heterocycles. The van der Waals surface area contributed by atoms with Gasteiger partial charge in [0.15, 0.2) is 29.0 Å². The van der Waals surface area contributed by atoms with Crippen LogP contribution in [0.4, 0.5) is 0 Å². The molecule has 24 heteroatoms. The predicted molar refractivity (Wildman–Crippen MR) is 460 cm³/mol. The minimum absolute atomic E-state index is 0.151. The highest BCUT2D eigenvalue weighted by atomic mass is 16.3. The second-order valence-electron chi connectivity index (χ2n) is 29.2. The standard InChI is InChI=1S/C33H26N6O2.C33H31N5O2.C30H22N6O3/c1-21-24(12-8-17-34-21)15-16-25-10-7-11-26-20-28(39(33(41)30(25)26)27-13-5-4-6-14-27)22(2)36-32(40)29-23(3)37-38-19-9-18-35-31(29)38;1-22(35-32(39)29-23(2)36-37-20-10-19-34-31(29)37)28-21-26-14-9-13-25(18-17-24-11-5-3-6-12-24)30(26)33(40)38(28)27-15-7-4-8-16-27;1-19(33-29(37)26-20(2)34-35-15-7-14-31-28(26)35)25-16-22-9-6-8-21(12-13-23-17-39-18-32-23)27(22)30(38)36(25)24-10-4-3-5-11-24/h4-14,17-20,22H,1-3H3,(H,36,40);4,7-10,13-16,19-22,24H,3,5-6,11-12H2,1-2H3,(H,35,39);3-11,14-19H,1-2H3,(H,33,37)/t2*22-;19-/m000/s1. The lowest BCUT2D eigenvalue weighted by Gasteiger charge is -2.21. The van der Waals surface area contributed by atoms with Crippen LogP contribution in [-0.2, 0) is 0 Å². The molecule has 1 aliphatic rings. The van der Waals surface area contributed by atoms with Crippen molar-refractivity contribution in [1.82, 2.24) is 83.4 Å². The normalized spacial score (nSPS) is 12.7. The number of rotatable bonds is 12. The van der Waals surface area contributed by atoms with Gasteiger partial charge < -0.3 is 20.4 Å². The van der Waals surface area contributed by atoms with Crippen LogP contribution in [0, 0.1) is 69.1 Å². The Morgan fingerprint density at radius 3 is 1.12 bits per heavy atom. The molecule has 1 aliphatic carbocycles. The number of hydrogen-bond donors (Lipinski definition) is 3. The van der Waals surface area contributed by atoms with Gasteiger partial charge in [-0.25, -0.2) is 33.5 Å². The molecule has 590 valence electrons. The average molecular weight is 1580 g/mol. The van der Waals surface area contributed by atoms with E-state index in [2.05, 4.69) is 91.7 Å². The summed E-state index contributed by atoms with van der Waals surface area (Å²) in [6, 6.07) is 58.6. The lowest BCUT2D eigenvalue weighted by atomic mass is 9.89. The number of aromatic nitrogens is 14. The van der Waals surface area contributed by atoms with E-state index in [1.807, 2.05) is 198 Å². The molecule has 18 rings (SSSR count). The molecule has 6 aromatic carbocycles. The third-order valence-corrected chi connectivity index (χ3v) is 21.1. The maximum absolute atomic E-state index is 14.2. The number of hydrogen-bond acceptors (Lipinski definition) is 15. The zero-order valence-corrected chi connectivity index (χ0v) is 66.6. The Morgan fingerprint density at radius 1 is 0.392 bits per heavy atom. The van der Waals surface area contributed by atoms with Crippen LogP contribution in [0.15, 0.2) is 269 Å². The van der Waals surface area contributed by atoms with E-state index in [1.165, 1.54) is 31.9 Å². The fourth-order valence-electron chi connectivity index (χ4n) is 15.3. The van der Waals surface area contributed by atoms with Crippen LogP contribution in [0.3, 0.4) is 0 Å². The molecule has 24 nitrogen and oxygen atoms in total. The quantitative estimate of drug-likeness (QED) is 0.0959. The summed E-state index contributed by atoms with van der Waals surface area (Å²) < 4.78 is 14.7. The molecule has 0 radical (unpaired) electrons. The van der Waals surface area contributed by atoms with E-state index >= 15 is 0 Å². The number of carbonyl (C=O) groups excluding carboxylic acids is 3. The van der Waals surface area contributed by atoms with Gasteiger partial charge >= 0.3 is 0 Å². The Balaban J connectivity index is 0.000000134. The summed E-state index contributed by atoms with van der Waals surface area (Å²) in [4.78, 5) is 104. The third kappa shape index (κ3) is 16.0. The number of nitrogens with one attached hydrogen (secondary N) is 3. The van der Waals surface area contributed by atoms with Crippen molar-refractivity contribution in [3.8, 4) is 52.6 Å². The van der Waals surface area contributed by atoms with Gasteiger partial charge in [-0.2, -0.15) is 15.3 Å². The summed E-state index contributed by atoms with van der Waals surface area (Å²) in [5.74, 6) is 18.6. The minimum Gasteiger partial charge on any atom is -0.450 e. The Hall–Kier alpha value is -15.7. The molecule has 1 saturated carbocycles. The molecule has 0 unspecified atom stereocenters. The lowest BCUT2D eigenvalue weighted by Crippen LogP contribution is -2.32. The summed E-state index contributed by atoms with van der Waals surface area (Å²) in [5.41, 5.74) is 11.8. The largest absolute Gasteiger partial charge is 0.450 e. The van der Waals surface area contributed by atoms with Crippen molar-refractivity contribution >= 4 is 67.0 Å². The van der Waals surface area contributed by atoms with Gasteiger partial charge in [0.25, 0.3) is 34.4 Å². The van der Waals surface area contributed by atoms with Crippen molar-refractivity contribution in [3.63, 3.8) is 0 Å². The number of amides is 3. The minimum atomic E-state index is -0.530. The summed E-state index contributed by atoms with van der Waals surface area (Å²) >= 11 is 0. The molecule has 0 spiro atoms. The SMILES string of the molecule is Cc1ncccc1C#Cc1cccc2cc([C@H](C)NC(=O)c3c(C)nn4cccnc34)n(-c3ccccc3)c(=O)c12.Cc1nn2cccnc2c1C(=O)N[C@@H](C)c1cc2cccc(C#CC3CCCCC3)c2c(=O)n1-c1ccccc1.Cc1nn2cccnc2c1C(=O)N[C@@H](C)c1cc2cccc(C#Cc3cocn3)c2c(=O)n1-c1ccccc1. The molecule has 0 bridgehead atoms. The molecule has 0 aliphatic heterocycles. The summed E-state index contributed by atoms with van der Waals surface area (Å²) in [6.07, 6.45) is 20.6. The van der Waals surface area contributed by atoms with Crippen molar-refractivity contribution in [2.24, 2.45) is 5.92 Å². The average Bonchev–Trinajstić information content (AvgIpc) is 1.47. The van der Waals surface area contributed by atoms with Gasteiger partial charge in [-0.3, -0.25) is 47.5 Å². The van der Waals surface area contributed by atoms with Gasteiger partial charge in [0.1, 0.15) is 23.0 Å². The Kier molecular flexibility index (Phi) is 22.4. The number of fused-ring (bicyclic) bond motifs is 6. The monoisotopic (exact) mass is 1580 g/mol. The third-order valence-electron chi connectivity index (χ3n) is 21.1. The molecule has 1 fully saturated rings. The van der Waals surface area contributed by atoms with E-state index in [0.717, 1.165) is 46.1 Å². The Bertz CT molecular complexity index is 7230. The van der Waals surface area contributed by atoms with Crippen LogP contribution < -0.4 is 32.6 Å². The molecule has 3 N–H and O–H groups in total. The van der Waals surface area contributed by atoms with Gasteiger partial charge in [0.05, 0.1) is 57.1 Å². The number of aryl methyl sites for hydroxylation is 4. The summed E-state index contributed by atoms with van der Waals surface area (Å²) in [5, 5.41) is 26.3. The molecule has 3 amide bonds. The number of pyridine rings is 4. The molecular formula is C96H79N17O7. The fraction of sp³-hybridized carbons (Fsp3) is 0.167. The maximum atomic E-state index is 14.2. The number of benzene rings is 6. The zero-order valence-electron chi connectivity index (χ0n) is 66.6. The van der Waals surface area contributed by atoms with Gasteiger partial charge in [-0.1, -0.05) is 140 Å². The molecule has 17 aromatic rings. The van der Waals surface area contributed by atoms with Gasteiger partial charge in [0, 0.05) is 106 Å². The van der Waals surface area contributed by atoms with Crippen molar-refractivity contribution < 1.29 is 18.8 Å². The van der Waals surface area contributed by atoms with E-state index in [9.17, 15) is 28.8 Å². The molecular weight excluding hydrogens is 1500 g/mol. The van der Waals surface area contributed by atoms with E-state index in [1.54, 1.807) is 116 Å². The first-order valence-corrected chi connectivity index (χ1v) is 39.3. The zero-order chi connectivity index (χ0) is 83.1. The predicted octanol–water partition coefficient (Wildman–Crippen LogP) is 14.9. The summed E-state index contributed by atoms with van der Waals surface area (Å²) in [7, 11) is 0. The molecule has 3 atom stereocenters. The number of oxazole rings is 1. The number of nitrogens with zero attached hydrogens (tertiary/aromatic N) is 14. The highest BCUT2D eigenvalue weighted by molar-refractivity contribution is 6.03. The number of para-hydroxylation sites is 3. The van der Waals surface area contributed by atoms with Gasteiger partial charge in [0.2, 0.25) is 0 Å². The first kappa shape index (κ1) is 78.2. The maximum Gasteiger partial charge on any atom is 0.264 e. The van der Waals surface area contributed by atoms with Crippen LogP contribution in [0.25, 0.3) is 66.3 Å². The van der Waals surface area contributed by atoms with Crippen LogP contribution in [0.5, 0.6) is 0 Å². The molecule has 11 heterocycles. The fourth-order valence-corrected chi connectivity index (χ4v) is 15.3. The second-order valence-corrected chi connectivity index (χ2v) is 29.2. The molecule has 0 saturated heterocycles. The van der Waals surface area contributed by atoms with E-state index in [0.29, 0.717) is 123 Å². The van der Waals surface area contributed by atoms with E-state index in [-0.39, 0.29) is 34.4 Å². The van der Waals surface area contributed by atoms with Crippen LogP contribution >= 0.6 is 0 Å². The topological polar surface area (TPSA) is 283 Å². The Labute approximate surface area is 688 Å². The highest BCUT2D eigenvalue weighted by Gasteiger charge is 2.28. The number of carbonyl (C=O) groups is 3. The highest BCUT2D eigenvalue weighted by Crippen LogP contribution is 2.30. The van der Waals surface area contributed by atoms with E-state index < -0.39 is 18.1 Å². The second kappa shape index (κ2) is 34.4. The van der Waals surface area contributed by atoms with Crippen molar-refractivity contribution in [1.29, 1.82) is 0 Å². The van der Waals surface area contributed by atoms with E-state index in [4.69, 9.17) is 4.42 Å². The van der Waals surface area contributed by atoms with Gasteiger partial charge in [-0.15, -0.1) is 0 Å². The van der Waals surface area contributed by atoms with Crippen LogP contribution in [0.2, 0.25) is 0 Å². The van der Waals surface area contributed by atoms with Gasteiger partial charge in [-0.05, 0) is 187 Å². The first-order chi connectivity index (χ1) is 58.4. The Morgan fingerprint density at radius 2 is 0.750 bits per heavy atom. The lowest BCUT2D eigenvalue weighted by molar-refractivity contribution is 0.0931. The first-order valence-electron chi connectivity index (χ1n) is 39.3. The van der Waals surface area contributed by atoms with Crippen molar-refractivity contribution in [3.05, 3.63) is 366 Å². The van der Waals surface area contributed by atoms with Crippen molar-refractivity contribution in [2.75, 3.05) is 0 Å². The van der Waals surface area contributed by atoms with Crippen LogP contribution in [0.1, 0.15) is 170 Å². The summed E-state index contributed by atoms with van der Waals surface area (Å²) in [6.45, 7) is 12.8. The smallest absolute Gasteiger partial charge is 0.264 e. The van der Waals surface area contributed by atoms with Crippen molar-refractivity contribution in [2.45, 2.75) is 98.7 Å².